The van der Waals surface area contributed by atoms with E-state index in [1.165, 1.54) is 0 Å². The molecule has 0 aliphatic heterocycles. The Balaban J connectivity index is 2.97. The summed E-state index contributed by atoms with van der Waals surface area (Å²) in [6.07, 6.45) is 1.64. The first kappa shape index (κ1) is 15.4. The summed E-state index contributed by atoms with van der Waals surface area (Å²) in [5, 5.41) is 4.87. The van der Waals surface area contributed by atoms with Gasteiger partial charge in [0.25, 0.3) is 0 Å². The van der Waals surface area contributed by atoms with Crippen LogP contribution in [0.1, 0.15) is 25.6 Å². The Labute approximate surface area is 114 Å². The van der Waals surface area contributed by atoms with Gasteiger partial charge in [-0.1, -0.05) is 11.6 Å². The fourth-order valence-corrected chi connectivity index (χ4v) is 1.87. The summed E-state index contributed by atoms with van der Waals surface area (Å²) in [7, 11) is 5.68. The lowest BCUT2D eigenvalue weighted by atomic mass is 9.96. The highest BCUT2D eigenvalue weighted by Crippen LogP contribution is 2.30. The summed E-state index contributed by atoms with van der Waals surface area (Å²) >= 11 is 6.19. The summed E-state index contributed by atoms with van der Waals surface area (Å²) in [6, 6.07) is -0.320. The standard InChI is InChI=1S/C12H23ClN4O/c1-12(2,18-5)11(14)10-9(13)8-15-17(10)7-6-16(3)4/h8,11H,6-7,14H2,1-5H3. The number of ether oxygens (including phenoxy) is 1. The van der Waals surface area contributed by atoms with Crippen LogP contribution in [0.25, 0.3) is 0 Å². The molecule has 1 aromatic heterocycles. The predicted octanol–water partition coefficient (Wildman–Crippen LogP) is 1.52. The van der Waals surface area contributed by atoms with E-state index in [2.05, 4.69) is 10.00 Å². The second kappa shape index (κ2) is 6.02. The van der Waals surface area contributed by atoms with Crippen LogP contribution in [0.3, 0.4) is 0 Å². The molecule has 0 aromatic carbocycles. The van der Waals surface area contributed by atoms with Crippen molar-refractivity contribution < 1.29 is 4.74 Å². The second-order valence-corrected chi connectivity index (χ2v) is 5.60. The number of hydrogen-bond acceptors (Lipinski definition) is 4. The second-order valence-electron chi connectivity index (χ2n) is 5.19. The molecule has 6 heteroatoms. The lowest BCUT2D eigenvalue weighted by Gasteiger charge is -2.30. The number of methoxy groups -OCH3 is 1. The maximum absolute atomic E-state index is 6.25. The van der Waals surface area contributed by atoms with E-state index in [9.17, 15) is 0 Å². The molecule has 0 saturated carbocycles. The number of halogens is 1. The van der Waals surface area contributed by atoms with Gasteiger partial charge in [-0.15, -0.1) is 0 Å². The van der Waals surface area contributed by atoms with Crippen molar-refractivity contribution in [1.29, 1.82) is 0 Å². The summed E-state index contributed by atoms with van der Waals surface area (Å²) in [5.41, 5.74) is 6.59. The molecule has 104 valence electrons. The van der Waals surface area contributed by atoms with Gasteiger partial charge in [-0.25, -0.2) is 0 Å². The first-order valence-electron chi connectivity index (χ1n) is 5.96. The van der Waals surface area contributed by atoms with Crippen LogP contribution in [0.4, 0.5) is 0 Å². The predicted molar refractivity (Wildman–Crippen MR) is 73.8 cm³/mol. The molecule has 1 rings (SSSR count). The topological polar surface area (TPSA) is 56.3 Å². The Bertz CT molecular complexity index is 389. The zero-order valence-corrected chi connectivity index (χ0v) is 12.5. The number of nitrogens with two attached hydrogens (primary N) is 1. The molecular formula is C12H23ClN4O. The maximum atomic E-state index is 6.25. The van der Waals surface area contributed by atoms with Gasteiger partial charge in [0.15, 0.2) is 0 Å². The van der Waals surface area contributed by atoms with Crippen LogP contribution in [-0.2, 0) is 11.3 Å². The fraction of sp³-hybridized carbons (Fsp3) is 0.750. The van der Waals surface area contributed by atoms with Crippen LogP contribution in [0.2, 0.25) is 5.02 Å². The lowest BCUT2D eigenvalue weighted by molar-refractivity contribution is -0.00228. The Kier molecular flexibility index (Phi) is 5.16. The number of nitrogens with zero attached hydrogens (tertiary/aromatic N) is 3. The Morgan fingerprint density at radius 3 is 2.67 bits per heavy atom. The van der Waals surface area contributed by atoms with Gasteiger partial charge >= 0.3 is 0 Å². The molecule has 2 N–H and O–H groups in total. The van der Waals surface area contributed by atoms with E-state index in [0.717, 1.165) is 18.8 Å². The van der Waals surface area contributed by atoms with Gasteiger partial charge in [0, 0.05) is 13.7 Å². The number of rotatable bonds is 6. The van der Waals surface area contributed by atoms with E-state index < -0.39 is 5.60 Å². The fourth-order valence-electron chi connectivity index (χ4n) is 1.61. The van der Waals surface area contributed by atoms with Crippen molar-refractivity contribution in [2.24, 2.45) is 5.73 Å². The molecule has 1 unspecified atom stereocenters. The van der Waals surface area contributed by atoms with Crippen LogP contribution in [0, 0.1) is 0 Å². The van der Waals surface area contributed by atoms with Crippen molar-refractivity contribution in [2.75, 3.05) is 27.7 Å². The lowest BCUT2D eigenvalue weighted by Crippen LogP contribution is -2.39. The van der Waals surface area contributed by atoms with Crippen LogP contribution in [0.5, 0.6) is 0 Å². The van der Waals surface area contributed by atoms with Crippen LogP contribution in [0.15, 0.2) is 6.20 Å². The van der Waals surface area contributed by atoms with Crippen molar-refractivity contribution in [3.63, 3.8) is 0 Å². The molecule has 0 amide bonds. The van der Waals surface area contributed by atoms with Gasteiger partial charge in [-0.3, -0.25) is 4.68 Å². The molecule has 0 spiro atoms. The minimum absolute atomic E-state index is 0.320. The van der Waals surface area contributed by atoms with Crippen molar-refractivity contribution in [1.82, 2.24) is 14.7 Å². The number of likely N-dealkylation sites (N-methyl/N-ethyl adjacent to an activating group) is 1. The van der Waals surface area contributed by atoms with Crippen molar-refractivity contribution >= 4 is 11.6 Å². The highest BCUT2D eigenvalue weighted by atomic mass is 35.5. The van der Waals surface area contributed by atoms with E-state index >= 15 is 0 Å². The van der Waals surface area contributed by atoms with Gasteiger partial charge in [0.1, 0.15) is 0 Å². The molecule has 1 aromatic rings. The van der Waals surface area contributed by atoms with Gasteiger partial charge in [-0.05, 0) is 27.9 Å². The van der Waals surface area contributed by atoms with Crippen molar-refractivity contribution in [3.8, 4) is 0 Å². The summed E-state index contributed by atoms with van der Waals surface area (Å²) < 4.78 is 7.28. The Morgan fingerprint density at radius 2 is 2.17 bits per heavy atom. The minimum atomic E-state index is -0.487. The van der Waals surface area contributed by atoms with Crippen molar-refractivity contribution in [2.45, 2.75) is 32.0 Å². The summed E-state index contributed by atoms with van der Waals surface area (Å²) in [6.45, 7) is 5.52. The molecule has 0 radical (unpaired) electrons. The molecule has 0 aliphatic rings. The highest BCUT2D eigenvalue weighted by molar-refractivity contribution is 6.31. The SMILES string of the molecule is COC(C)(C)C(N)c1c(Cl)cnn1CCN(C)C. The average Bonchev–Trinajstić information content (AvgIpc) is 2.66. The van der Waals surface area contributed by atoms with E-state index in [1.54, 1.807) is 13.3 Å². The quantitative estimate of drug-likeness (QED) is 0.855. The van der Waals surface area contributed by atoms with Crippen LogP contribution in [-0.4, -0.2) is 48.0 Å². The van der Waals surface area contributed by atoms with E-state index in [1.807, 2.05) is 32.6 Å². The van der Waals surface area contributed by atoms with Gasteiger partial charge in [0.05, 0.1) is 35.1 Å². The Morgan fingerprint density at radius 1 is 1.56 bits per heavy atom. The molecule has 0 bridgehead atoms. The number of aromatic nitrogens is 2. The molecule has 1 atom stereocenters. The molecule has 5 nitrogen and oxygen atoms in total. The third kappa shape index (κ3) is 3.45. The molecule has 18 heavy (non-hydrogen) atoms. The third-order valence-electron chi connectivity index (χ3n) is 3.16. The first-order valence-corrected chi connectivity index (χ1v) is 6.34. The molecule has 0 saturated heterocycles. The maximum Gasteiger partial charge on any atom is 0.0835 e. The highest BCUT2D eigenvalue weighted by Gasteiger charge is 2.31. The van der Waals surface area contributed by atoms with Crippen LogP contribution >= 0.6 is 11.6 Å². The zero-order valence-electron chi connectivity index (χ0n) is 11.8. The van der Waals surface area contributed by atoms with E-state index in [4.69, 9.17) is 22.1 Å². The normalized spacial score (nSPS) is 14.2. The molecular weight excluding hydrogens is 252 g/mol. The van der Waals surface area contributed by atoms with Gasteiger partial charge in [-0.2, -0.15) is 5.10 Å². The summed E-state index contributed by atoms with van der Waals surface area (Å²) in [4.78, 5) is 2.09. The summed E-state index contributed by atoms with van der Waals surface area (Å²) in [5.74, 6) is 0. The molecule has 0 aliphatic carbocycles. The van der Waals surface area contributed by atoms with Crippen molar-refractivity contribution in [3.05, 3.63) is 16.9 Å². The largest absolute Gasteiger partial charge is 0.377 e. The van der Waals surface area contributed by atoms with E-state index in [0.29, 0.717) is 5.02 Å². The Hall–Kier alpha value is -0.620. The molecule has 1 heterocycles. The monoisotopic (exact) mass is 274 g/mol. The van der Waals surface area contributed by atoms with E-state index in [-0.39, 0.29) is 6.04 Å². The smallest absolute Gasteiger partial charge is 0.0835 e. The first-order chi connectivity index (χ1) is 8.29. The third-order valence-corrected chi connectivity index (χ3v) is 3.45. The van der Waals surface area contributed by atoms with Crippen LogP contribution < -0.4 is 5.73 Å². The average molecular weight is 275 g/mol. The minimum Gasteiger partial charge on any atom is -0.377 e. The van der Waals surface area contributed by atoms with Gasteiger partial charge in [0.2, 0.25) is 0 Å². The number of hydrogen-bond donors (Lipinski definition) is 1. The van der Waals surface area contributed by atoms with Gasteiger partial charge < -0.3 is 15.4 Å². The molecule has 0 fully saturated rings. The zero-order chi connectivity index (χ0) is 13.9.